The normalized spacial score (nSPS) is 48.6. The van der Waals surface area contributed by atoms with Crippen molar-refractivity contribution < 1.29 is 4.79 Å². The van der Waals surface area contributed by atoms with Crippen LogP contribution in [0.1, 0.15) is 19.3 Å². The zero-order chi connectivity index (χ0) is 6.43. The third-order valence-electron chi connectivity index (χ3n) is 2.56. The van der Waals surface area contributed by atoms with Crippen molar-refractivity contribution in [1.82, 2.24) is 0 Å². The fourth-order valence-electron chi connectivity index (χ4n) is 2.00. The Morgan fingerprint density at radius 1 is 1.44 bits per heavy atom. The van der Waals surface area contributed by atoms with Crippen molar-refractivity contribution in [3.8, 4) is 0 Å². The third-order valence-corrected chi connectivity index (χ3v) is 3.76. The fraction of sp³-hybridized carbons (Fsp3) is 0.857. The summed E-state index contributed by atoms with van der Waals surface area (Å²) in [5.41, 5.74) is 0. The van der Waals surface area contributed by atoms with Crippen molar-refractivity contribution in [2.45, 2.75) is 24.1 Å². The van der Waals surface area contributed by atoms with E-state index in [4.69, 9.17) is 0 Å². The molecule has 0 saturated heterocycles. The molecule has 0 aromatic carbocycles. The standard InChI is InChI=1S/C7H9BrO/c8-6-4-1-2-5(3-4)7(6)9/h4-6H,1-3H2/t4-,5+,6-/m1/s1. The van der Waals surface area contributed by atoms with Crippen LogP contribution < -0.4 is 0 Å². The Balaban J connectivity index is 2.25. The summed E-state index contributed by atoms with van der Waals surface area (Å²) in [4.78, 5) is 11.3. The van der Waals surface area contributed by atoms with E-state index < -0.39 is 0 Å². The van der Waals surface area contributed by atoms with Crippen molar-refractivity contribution in [3.63, 3.8) is 0 Å². The molecule has 0 N–H and O–H groups in total. The number of halogens is 1. The molecule has 0 aromatic rings. The van der Waals surface area contributed by atoms with Gasteiger partial charge in [0.1, 0.15) is 5.78 Å². The van der Waals surface area contributed by atoms with Crippen LogP contribution >= 0.6 is 15.9 Å². The highest BCUT2D eigenvalue weighted by molar-refractivity contribution is 9.10. The van der Waals surface area contributed by atoms with E-state index in [1.54, 1.807) is 0 Å². The molecular weight excluding hydrogens is 180 g/mol. The van der Waals surface area contributed by atoms with Crippen LogP contribution in [0.2, 0.25) is 0 Å². The number of hydrogen-bond donors (Lipinski definition) is 0. The maximum atomic E-state index is 11.1. The second kappa shape index (κ2) is 1.82. The largest absolute Gasteiger partial charge is 0.298 e. The molecule has 2 bridgehead atoms. The molecule has 2 aliphatic rings. The summed E-state index contributed by atoms with van der Waals surface area (Å²) in [6.45, 7) is 0. The molecule has 0 unspecified atom stereocenters. The zero-order valence-corrected chi connectivity index (χ0v) is 6.73. The number of alkyl halides is 1. The Morgan fingerprint density at radius 3 is 2.56 bits per heavy atom. The first-order chi connectivity index (χ1) is 4.29. The van der Waals surface area contributed by atoms with Crippen molar-refractivity contribution in [1.29, 1.82) is 0 Å². The van der Waals surface area contributed by atoms with Crippen molar-refractivity contribution >= 4 is 21.7 Å². The lowest BCUT2D eigenvalue weighted by Crippen LogP contribution is -2.21. The molecule has 0 spiro atoms. The Kier molecular flexibility index (Phi) is 1.19. The Hall–Kier alpha value is 0.150. The molecule has 0 heterocycles. The van der Waals surface area contributed by atoms with Crippen LogP contribution in [-0.2, 0) is 4.79 Å². The van der Waals surface area contributed by atoms with Gasteiger partial charge >= 0.3 is 0 Å². The molecular formula is C7H9BrO. The summed E-state index contributed by atoms with van der Waals surface area (Å²) in [7, 11) is 0. The third kappa shape index (κ3) is 0.689. The molecule has 1 nitrogen and oxygen atoms in total. The van der Waals surface area contributed by atoms with Crippen LogP contribution in [0.15, 0.2) is 0 Å². The van der Waals surface area contributed by atoms with E-state index >= 15 is 0 Å². The molecule has 3 atom stereocenters. The summed E-state index contributed by atoms with van der Waals surface area (Å²) in [6.07, 6.45) is 3.59. The predicted molar refractivity (Wildman–Crippen MR) is 38.6 cm³/mol. The molecule has 2 saturated carbocycles. The Morgan fingerprint density at radius 2 is 2.22 bits per heavy atom. The number of ketones is 1. The van der Waals surface area contributed by atoms with Gasteiger partial charge in [-0.15, -0.1) is 0 Å². The van der Waals surface area contributed by atoms with Crippen LogP contribution in [0.25, 0.3) is 0 Å². The highest BCUT2D eigenvalue weighted by Crippen LogP contribution is 2.45. The Labute approximate surface area is 62.9 Å². The van der Waals surface area contributed by atoms with Crippen LogP contribution in [0, 0.1) is 11.8 Å². The van der Waals surface area contributed by atoms with E-state index in [0.717, 1.165) is 12.8 Å². The minimum Gasteiger partial charge on any atom is -0.298 e. The van der Waals surface area contributed by atoms with E-state index in [0.29, 0.717) is 17.6 Å². The smallest absolute Gasteiger partial charge is 0.149 e. The number of rotatable bonds is 0. The van der Waals surface area contributed by atoms with E-state index in [1.165, 1.54) is 6.42 Å². The Bertz CT molecular complexity index is 151. The second-order valence-electron chi connectivity index (χ2n) is 3.07. The van der Waals surface area contributed by atoms with Crippen LogP contribution in [0.3, 0.4) is 0 Å². The zero-order valence-electron chi connectivity index (χ0n) is 5.14. The lowest BCUT2D eigenvalue weighted by molar-refractivity contribution is -0.121. The molecule has 0 aliphatic heterocycles. The number of Topliss-reactive ketones (excluding diaryl/α,β-unsaturated/α-hetero) is 1. The van der Waals surface area contributed by atoms with Gasteiger partial charge in [-0.1, -0.05) is 15.9 Å². The molecule has 0 amide bonds. The molecule has 2 rings (SSSR count). The predicted octanol–water partition coefficient (Wildman–Crippen LogP) is 1.75. The van der Waals surface area contributed by atoms with Crippen molar-refractivity contribution in [2.24, 2.45) is 11.8 Å². The number of hydrogen-bond acceptors (Lipinski definition) is 1. The molecule has 9 heavy (non-hydrogen) atoms. The van der Waals surface area contributed by atoms with E-state index in [9.17, 15) is 4.79 Å². The SMILES string of the molecule is O=C1[C@H]2CC[C@H](C2)[C@H]1Br. The summed E-state index contributed by atoms with van der Waals surface area (Å²) in [5.74, 6) is 1.58. The molecule has 0 radical (unpaired) electrons. The van der Waals surface area contributed by atoms with Crippen LogP contribution in [0.5, 0.6) is 0 Å². The van der Waals surface area contributed by atoms with Gasteiger partial charge in [-0.05, 0) is 25.2 Å². The topological polar surface area (TPSA) is 17.1 Å². The monoisotopic (exact) mass is 188 g/mol. The lowest BCUT2D eigenvalue weighted by atomic mass is 10.00. The maximum Gasteiger partial charge on any atom is 0.149 e. The maximum absolute atomic E-state index is 11.1. The number of carbonyl (C=O) groups is 1. The number of carbonyl (C=O) groups excluding carboxylic acids is 1. The summed E-state index contributed by atoms with van der Waals surface area (Å²) in [6, 6.07) is 0. The minimum absolute atomic E-state index is 0.219. The lowest BCUT2D eigenvalue weighted by Gasteiger charge is -2.12. The first-order valence-corrected chi connectivity index (χ1v) is 4.38. The quantitative estimate of drug-likeness (QED) is 0.530. The minimum atomic E-state index is 0.219. The van der Waals surface area contributed by atoms with Gasteiger partial charge < -0.3 is 0 Å². The molecule has 2 heteroatoms. The summed E-state index contributed by atoms with van der Waals surface area (Å²) >= 11 is 3.41. The van der Waals surface area contributed by atoms with Crippen molar-refractivity contribution in [2.75, 3.05) is 0 Å². The van der Waals surface area contributed by atoms with E-state index in [1.807, 2.05) is 0 Å². The van der Waals surface area contributed by atoms with Gasteiger partial charge in [0.05, 0.1) is 4.83 Å². The van der Waals surface area contributed by atoms with Crippen molar-refractivity contribution in [3.05, 3.63) is 0 Å². The molecule has 2 aliphatic carbocycles. The van der Waals surface area contributed by atoms with Gasteiger partial charge in [-0.25, -0.2) is 0 Å². The average molecular weight is 189 g/mol. The van der Waals surface area contributed by atoms with Crippen LogP contribution in [-0.4, -0.2) is 10.6 Å². The van der Waals surface area contributed by atoms with E-state index in [-0.39, 0.29) is 4.83 Å². The molecule has 50 valence electrons. The van der Waals surface area contributed by atoms with Gasteiger partial charge in [0.25, 0.3) is 0 Å². The highest BCUT2D eigenvalue weighted by atomic mass is 79.9. The fourth-order valence-corrected chi connectivity index (χ4v) is 2.85. The first kappa shape index (κ1) is 5.90. The second-order valence-corrected chi connectivity index (χ2v) is 4.06. The van der Waals surface area contributed by atoms with Gasteiger partial charge in [-0.2, -0.15) is 0 Å². The van der Waals surface area contributed by atoms with Gasteiger partial charge in [0.15, 0.2) is 0 Å². The van der Waals surface area contributed by atoms with Gasteiger partial charge in [0, 0.05) is 5.92 Å². The average Bonchev–Trinajstić information content (AvgIpc) is 2.37. The summed E-state index contributed by atoms with van der Waals surface area (Å²) in [5, 5.41) is 0. The van der Waals surface area contributed by atoms with Gasteiger partial charge in [-0.3, -0.25) is 4.79 Å². The number of fused-ring (bicyclic) bond motifs is 2. The highest BCUT2D eigenvalue weighted by Gasteiger charge is 2.45. The molecule has 2 fully saturated rings. The van der Waals surface area contributed by atoms with E-state index in [2.05, 4.69) is 15.9 Å². The van der Waals surface area contributed by atoms with Crippen LogP contribution in [0.4, 0.5) is 0 Å². The molecule has 0 aromatic heterocycles. The summed E-state index contributed by atoms with van der Waals surface area (Å²) < 4.78 is 0. The first-order valence-electron chi connectivity index (χ1n) is 3.47. The van der Waals surface area contributed by atoms with Gasteiger partial charge in [0.2, 0.25) is 0 Å².